The average Bonchev–Trinajstić information content (AvgIpc) is 3.43. The fourth-order valence-corrected chi connectivity index (χ4v) is 4.34. The minimum Gasteiger partial charge on any atom is -0.367 e. The Labute approximate surface area is 186 Å². The lowest BCUT2D eigenvalue weighted by Crippen LogP contribution is -2.09. The third-order valence-corrected chi connectivity index (χ3v) is 6.00. The topological polar surface area (TPSA) is 138 Å². The van der Waals surface area contributed by atoms with E-state index in [4.69, 9.17) is 5.73 Å². The number of allylic oxidation sites excluding steroid dienone is 1. The third-order valence-electron chi connectivity index (χ3n) is 5.17. The summed E-state index contributed by atoms with van der Waals surface area (Å²) in [5.41, 5.74) is 9.61. The molecule has 166 valence electrons. The van der Waals surface area contributed by atoms with Gasteiger partial charge in [0.05, 0.1) is 11.9 Å². The molecule has 1 aliphatic carbocycles. The Morgan fingerprint density at radius 2 is 2.16 bits per heavy atom. The second-order valence-corrected chi connectivity index (χ2v) is 10.2. The fraction of sp³-hybridized carbons (Fsp3) is 0.318. The lowest BCUT2D eigenvalue weighted by Gasteiger charge is -2.14. The van der Waals surface area contributed by atoms with Crippen molar-refractivity contribution < 1.29 is 8.42 Å². The van der Waals surface area contributed by atoms with Gasteiger partial charge in [0.1, 0.15) is 23.3 Å². The van der Waals surface area contributed by atoms with Crippen LogP contribution in [0.25, 0.3) is 11.2 Å². The predicted molar refractivity (Wildman–Crippen MR) is 125 cm³/mol. The van der Waals surface area contributed by atoms with E-state index in [1.165, 1.54) is 12.5 Å². The number of hydrogen-bond donors (Lipinski definition) is 3. The molecule has 0 amide bonds. The van der Waals surface area contributed by atoms with Crippen molar-refractivity contribution in [3.8, 4) is 6.07 Å². The standard InChI is InChI=1S/C22H25N7O2S/c1-14(7-8-23)19-6-5-18(9-15(19)13-32(2,30)31)26-20-10-21(27-17-3-4-17)29-22(28-20)16(11-24)12-25-29/h5-7,9-10,12,17,27H,3-4,8,13,23H2,1-2H3,(H,26,28)/b14-7+. The number of anilines is 3. The molecule has 2 heterocycles. The summed E-state index contributed by atoms with van der Waals surface area (Å²) < 4.78 is 25.7. The summed E-state index contributed by atoms with van der Waals surface area (Å²) in [6.45, 7) is 2.28. The van der Waals surface area contributed by atoms with Gasteiger partial charge in [-0.05, 0) is 48.6 Å². The fourth-order valence-electron chi connectivity index (χ4n) is 3.54. The van der Waals surface area contributed by atoms with Crippen LogP contribution >= 0.6 is 0 Å². The molecule has 0 bridgehead atoms. The highest BCUT2D eigenvalue weighted by molar-refractivity contribution is 7.89. The Kier molecular flexibility index (Phi) is 5.86. The quantitative estimate of drug-likeness (QED) is 0.475. The molecule has 1 saturated carbocycles. The number of hydrogen-bond acceptors (Lipinski definition) is 8. The van der Waals surface area contributed by atoms with Gasteiger partial charge in [-0.15, -0.1) is 0 Å². The molecule has 0 unspecified atom stereocenters. The Balaban J connectivity index is 1.74. The molecular weight excluding hydrogens is 426 g/mol. The highest BCUT2D eigenvalue weighted by atomic mass is 32.2. The number of benzene rings is 1. The number of fused-ring (bicyclic) bond motifs is 1. The van der Waals surface area contributed by atoms with Crippen molar-refractivity contribution in [2.45, 2.75) is 31.6 Å². The van der Waals surface area contributed by atoms with Crippen LogP contribution in [-0.2, 0) is 15.6 Å². The van der Waals surface area contributed by atoms with E-state index in [0.717, 1.165) is 29.8 Å². The first kappa shape index (κ1) is 21.8. The minimum absolute atomic E-state index is 0.0875. The number of nitrogens with zero attached hydrogens (tertiary/aromatic N) is 4. The van der Waals surface area contributed by atoms with Gasteiger partial charge < -0.3 is 16.4 Å². The summed E-state index contributed by atoms with van der Waals surface area (Å²) in [7, 11) is -3.24. The van der Waals surface area contributed by atoms with Crippen LogP contribution in [-0.4, -0.2) is 41.9 Å². The van der Waals surface area contributed by atoms with Crippen molar-refractivity contribution in [1.29, 1.82) is 5.26 Å². The van der Waals surface area contributed by atoms with Crippen LogP contribution in [0, 0.1) is 11.3 Å². The molecule has 32 heavy (non-hydrogen) atoms. The first-order chi connectivity index (χ1) is 15.3. The summed E-state index contributed by atoms with van der Waals surface area (Å²) >= 11 is 0. The van der Waals surface area contributed by atoms with Crippen molar-refractivity contribution in [3.63, 3.8) is 0 Å². The van der Waals surface area contributed by atoms with E-state index in [0.29, 0.717) is 40.9 Å². The maximum Gasteiger partial charge on any atom is 0.177 e. The maximum atomic E-state index is 12.0. The predicted octanol–water partition coefficient (Wildman–Crippen LogP) is 2.83. The zero-order chi connectivity index (χ0) is 22.9. The number of sulfone groups is 1. The van der Waals surface area contributed by atoms with Gasteiger partial charge in [0.25, 0.3) is 0 Å². The number of nitrogens with one attached hydrogen (secondary N) is 2. The van der Waals surface area contributed by atoms with Crippen LogP contribution in [0.4, 0.5) is 17.3 Å². The third kappa shape index (κ3) is 4.90. The zero-order valence-corrected chi connectivity index (χ0v) is 18.8. The second-order valence-electron chi connectivity index (χ2n) is 8.04. The normalized spacial score (nSPS) is 14.4. The molecule has 1 fully saturated rings. The lowest BCUT2D eigenvalue weighted by molar-refractivity contribution is 0.601. The number of nitriles is 1. The van der Waals surface area contributed by atoms with Crippen LogP contribution in [0.5, 0.6) is 0 Å². The van der Waals surface area contributed by atoms with Gasteiger partial charge in [0.2, 0.25) is 0 Å². The average molecular weight is 452 g/mol. The molecule has 1 aromatic carbocycles. The Morgan fingerprint density at radius 3 is 2.81 bits per heavy atom. The number of rotatable bonds is 8. The highest BCUT2D eigenvalue weighted by Crippen LogP contribution is 2.29. The molecule has 3 aromatic rings. The number of aromatic nitrogens is 3. The van der Waals surface area contributed by atoms with Gasteiger partial charge in [-0.3, -0.25) is 0 Å². The van der Waals surface area contributed by atoms with E-state index >= 15 is 0 Å². The van der Waals surface area contributed by atoms with Gasteiger partial charge in [-0.25, -0.2) is 13.4 Å². The minimum atomic E-state index is -3.24. The smallest absolute Gasteiger partial charge is 0.177 e. The summed E-state index contributed by atoms with van der Waals surface area (Å²) in [5.74, 6) is 1.19. The van der Waals surface area contributed by atoms with Crippen molar-refractivity contribution in [2.24, 2.45) is 5.73 Å². The van der Waals surface area contributed by atoms with E-state index in [1.807, 2.05) is 37.3 Å². The van der Waals surface area contributed by atoms with Crippen LogP contribution < -0.4 is 16.4 Å². The van der Waals surface area contributed by atoms with Crippen molar-refractivity contribution >= 4 is 38.4 Å². The summed E-state index contributed by atoms with van der Waals surface area (Å²) in [6.07, 6.45) is 6.75. The molecule has 0 atom stereocenters. The highest BCUT2D eigenvalue weighted by Gasteiger charge is 2.23. The Hall–Kier alpha value is -3.42. The molecule has 0 saturated heterocycles. The molecule has 4 N–H and O–H groups in total. The van der Waals surface area contributed by atoms with Gasteiger partial charge in [-0.1, -0.05) is 12.1 Å². The van der Waals surface area contributed by atoms with Crippen LogP contribution in [0.15, 0.2) is 36.5 Å². The van der Waals surface area contributed by atoms with Crippen LogP contribution in [0.1, 0.15) is 36.5 Å². The van der Waals surface area contributed by atoms with Gasteiger partial charge >= 0.3 is 0 Å². The summed E-state index contributed by atoms with van der Waals surface area (Å²) in [6, 6.07) is 9.91. The van der Waals surface area contributed by atoms with Crippen LogP contribution in [0.3, 0.4) is 0 Å². The Morgan fingerprint density at radius 1 is 1.38 bits per heavy atom. The molecular formula is C22H25N7O2S. The molecule has 1 aliphatic rings. The van der Waals surface area contributed by atoms with E-state index in [2.05, 4.69) is 26.8 Å². The molecule has 2 aromatic heterocycles. The lowest BCUT2D eigenvalue weighted by atomic mass is 10.0. The molecule has 0 aliphatic heterocycles. The molecule has 9 nitrogen and oxygen atoms in total. The van der Waals surface area contributed by atoms with E-state index in [1.54, 1.807) is 4.52 Å². The van der Waals surface area contributed by atoms with Crippen molar-refractivity contribution in [1.82, 2.24) is 14.6 Å². The second kappa shape index (κ2) is 8.61. The summed E-state index contributed by atoms with van der Waals surface area (Å²) in [4.78, 5) is 4.56. The zero-order valence-electron chi connectivity index (χ0n) is 18.0. The van der Waals surface area contributed by atoms with Gasteiger partial charge in [-0.2, -0.15) is 14.9 Å². The molecule has 0 spiro atoms. The first-order valence-electron chi connectivity index (χ1n) is 10.3. The monoisotopic (exact) mass is 451 g/mol. The Bertz CT molecular complexity index is 1350. The van der Waals surface area contributed by atoms with Crippen molar-refractivity contribution in [2.75, 3.05) is 23.4 Å². The SMILES string of the molecule is C/C(=C\CN)c1ccc(Nc2cc(NC3CC3)n3ncc(C#N)c3n2)cc1CS(C)(=O)=O. The molecule has 4 rings (SSSR count). The number of nitrogens with two attached hydrogens (primary N) is 1. The maximum absolute atomic E-state index is 12.0. The van der Waals surface area contributed by atoms with E-state index < -0.39 is 9.84 Å². The van der Waals surface area contributed by atoms with Crippen LogP contribution in [0.2, 0.25) is 0 Å². The van der Waals surface area contributed by atoms with Gasteiger partial charge in [0.15, 0.2) is 15.5 Å². The van der Waals surface area contributed by atoms with E-state index in [9.17, 15) is 13.7 Å². The molecule has 0 radical (unpaired) electrons. The van der Waals surface area contributed by atoms with E-state index in [-0.39, 0.29) is 5.75 Å². The largest absolute Gasteiger partial charge is 0.367 e. The first-order valence-corrected chi connectivity index (χ1v) is 12.3. The molecule has 10 heteroatoms. The van der Waals surface area contributed by atoms with Gasteiger partial charge in [0, 0.05) is 30.6 Å². The summed E-state index contributed by atoms with van der Waals surface area (Å²) in [5, 5.41) is 20.4. The van der Waals surface area contributed by atoms with Crippen molar-refractivity contribution in [3.05, 3.63) is 53.2 Å².